The lowest BCUT2D eigenvalue weighted by molar-refractivity contribution is -0.121. The number of nitrogens with zero attached hydrogens (tertiary/aromatic N) is 3. The average Bonchev–Trinajstić information content (AvgIpc) is 3.62. The number of halogens is 1. The zero-order chi connectivity index (χ0) is 31.4. The minimum Gasteiger partial charge on any atom is -0.450 e. The van der Waals surface area contributed by atoms with Crippen LogP contribution in [-0.4, -0.2) is 16.8 Å². The van der Waals surface area contributed by atoms with Gasteiger partial charge in [0.15, 0.2) is 16.1 Å². The molecule has 4 aromatic carbocycles. The van der Waals surface area contributed by atoms with Gasteiger partial charge in [0.1, 0.15) is 5.58 Å². The van der Waals surface area contributed by atoms with Gasteiger partial charge in [-0.15, -0.1) is 0 Å². The molecule has 0 N–H and O–H groups in total. The van der Waals surface area contributed by atoms with Gasteiger partial charge in [0.05, 0.1) is 33.4 Å². The van der Waals surface area contributed by atoms with Crippen LogP contribution < -0.4 is 15.2 Å². The van der Waals surface area contributed by atoms with Crippen molar-refractivity contribution >= 4 is 66.8 Å². The van der Waals surface area contributed by atoms with Gasteiger partial charge in [0.25, 0.3) is 11.8 Å². The summed E-state index contributed by atoms with van der Waals surface area (Å²) in [5.41, 5.74) is 4.67. The normalized spacial score (nSPS) is 17.3. The predicted molar refractivity (Wildman–Crippen MR) is 178 cm³/mol. The second-order valence-corrected chi connectivity index (χ2v) is 13.3. The van der Waals surface area contributed by atoms with Gasteiger partial charge in [-0.05, 0) is 91.9 Å². The van der Waals surface area contributed by atoms with Crippen LogP contribution in [0.3, 0.4) is 0 Å². The van der Waals surface area contributed by atoms with Gasteiger partial charge in [-0.2, -0.15) is 0 Å². The summed E-state index contributed by atoms with van der Waals surface area (Å²) in [7, 11) is 0. The molecule has 222 valence electrons. The molecular weight excluding hydrogens is 606 g/mol. The fourth-order valence-electron chi connectivity index (χ4n) is 6.80. The van der Waals surface area contributed by atoms with E-state index in [1.165, 1.54) is 16.2 Å². The van der Waals surface area contributed by atoms with Crippen LogP contribution in [0, 0.1) is 27.7 Å². The molecule has 0 saturated carbocycles. The number of hydrogen-bond acceptors (Lipinski definition) is 6. The molecule has 8 rings (SSSR count). The van der Waals surface area contributed by atoms with E-state index in [0.717, 1.165) is 38.0 Å². The minimum absolute atomic E-state index is 0.0199. The van der Waals surface area contributed by atoms with E-state index in [1.54, 1.807) is 29.2 Å². The summed E-state index contributed by atoms with van der Waals surface area (Å²) in [5.74, 6) is -1.14. The fourth-order valence-corrected chi connectivity index (χ4v) is 8.12. The molecule has 0 fully saturated rings. The predicted octanol–water partition coefficient (Wildman–Crippen LogP) is 7.74. The van der Waals surface area contributed by atoms with E-state index in [-0.39, 0.29) is 17.9 Å². The van der Waals surface area contributed by atoms with Crippen LogP contribution in [0.1, 0.15) is 49.5 Å². The molecule has 1 atom stereocenters. The van der Waals surface area contributed by atoms with Crippen molar-refractivity contribution in [3.05, 3.63) is 133 Å². The topological polar surface area (TPSA) is 83.7 Å². The van der Waals surface area contributed by atoms with Gasteiger partial charge in [-0.25, -0.2) is 4.98 Å². The molecule has 2 aliphatic rings. The molecule has 9 heteroatoms. The van der Waals surface area contributed by atoms with Crippen LogP contribution in [-0.2, 0) is 16.9 Å². The quantitative estimate of drug-likeness (QED) is 0.199. The molecule has 0 saturated heterocycles. The first-order valence-electron chi connectivity index (χ1n) is 14.6. The van der Waals surface area contributed by atoms with E-state index in [2.05, 4.69) is 0 Å². The highest BCUT2D eigenvalue weighted by Crippen LogP contribution is 2.55. The lowest BCUT2D eigenvalue weighted by Crippen LogP contribution is -2.53. The van der Waals surface area contributed by atoms with Gasteiger partial charge in [-0.3, -0.25) is 19.3 Å². The Morgan fingerprint density at radius 3 is 2.40 bits per heavy atom. The molecule has 0 radical (unpaired) electrons. The molecule has 2 aliphatic heterocycles. The number of hydrogen-bond donors (Lipinski definition) is 0. The highest BCUT2D eigenvalue weighted by molar-refractivity contribution is 7.22. The summed E-state index contributed by atoms with van der Waals surface area (Å²) in [5, 5.41) is 1.23. The Kier molecular flexibility index (Phi) is 5.92. The van der Waals surface area contributed by atoms with Crippen LogP contribution >= 0.6 is 22.9 Å². The first-order chi connectivity index (χ1) is 21.6. The number of benzene rings is 4. The SMILES string of the molecule is Cc1cc(C)c2nc(N3C(=O)c4oc5cc(C)c(C)cc5c(=O)c4C34C(=O)N(Cc3ccc(Cl)cc3)c3ccccc34)sc2c1. The largest absolute Gasteiger partial charge is 0.450 e. The molecule has 7 nitrogen and oxygen atoms in total. The number of anilines is 2. The summed E-state index contributed by atoms with van der Waals surface area (Å²) in [6.07, 6.45) is 0. The van der Waals surface area contributed by atoms with Crippen molar-refractivity contribution in [1.82, 2.24) is 4.98 Å². The Hall–Kier alpha value is -4.79. The second-order valence-electron chi connectivity index (χ2n) is 11.9. The third kappa shape index (κ3) is 3.76. The lowest BCUT2D eigenvalue weighted by Gasteiger charge is -2.32. The van der Waals surface area contributed by atoms with Crippen molar-refractivity contribution in [2.24, 2.45) is 0 Å². The molecule has 0 aliphatic carbocycles. The Morgan fingerprint density at radius 2 is 1.62 bits per heavy atom. The Bertz CT molecular complexity index is 2340. The lowest BCUT2D eigenvalue weighted by atomic mass is 9.84. The maximum absolute atomic E-state index is 15.2. The molecule has 1 spiro atoms. The summed E-state index contributed by atoms with van der Waals surface area (Å²) < 4.78 is 7.20. The van der Waals surface area contributed by atoms with Gasteiger partial charge in [0.2, 0.25) is 5.76 Å². The number of aromatic nitrogens is 1. The molecule has 0 bridgehead atoms. The molecule has 2 amide bonds. The molecular formula is C36H26ClN3O4S. The van der Waals surface area contributed by atoms with Gasteiger partial charge in [0, 0.05) is 10.6 Å². The number of aryl methyl sites for hydroxylation is 4. The summed E-state index contributed by atoms with van der Waals surface area (Å²) in [6, 6.07) is 22.2. The Morgan fingerprint density at radius 1 is 0.889 bits per heavy atom. The number of thiazole rings is 1. The average molecular weight is 632 g/mol. The van der Waals surface area contributed by atoms with Crippen molar-refractivity contribution in [3.63, 3.8) is 0 Å². The number of amides is 2. The van der Waals surface area contributed by atoms with Crippen LogP contribution in [0.5, 0.6) is 0 Å². The number of carbonyl (C=O) groups is 2. The van der Waals surface area contributed by atoms with Crippen molar-refractivity contribution in [2.75, 3.05) is 9.80 Å². The third-order valence-electron chi connectivity index (χ3n) is 9.00. The summed E-state index contributed by atoms with van der Waals surface area (Å²) in [6.45, 7) is 8.04. The summed E-state index contributed by atoms with van der Waals surface area (Å²) >= 11 is 7.48. The summed E-state index contributed by atoms with van der Waals surface area (Å²) in [4.78, 5) is 52.5. The van der Waals surface area contributed by atoms with Crippen molar-refractivity contribution < 1.29 is 14.0 Å². The van der Waals surface area contributed by atoms with Crippen LogP contribution in [0.4, 0.5) is 10.8 Å². The van der Waals surface area contributed by atoms with Crippen molar-refractivity contribution in [1.29, 1.82) is 0 Å². The zero-order valence-corrected chi connectivity index (χ0v) is 26.5. The number of rotatable bonds is 3. The van der Waals surface area contributed by atoms with Crippen molar-refractivity contribution in [3.8, 4) is 0 Å². The molecule has 2 aromatic heterocycles. The second kappa shape index (κ2) is 9.60. The molecule has 1 unspecified atom stereocenters. The Labute approximate surface area is 267 Å². The van der Waals surface area contributed by atoms with E-state index in [4.69, 9.17) is 21.0 Å². The zero-order valence-electron chi connectivity index (χ0n) is 24.9. The maximum Gasteiger partial charge on any atom is 0.297 e. The smallest absolute Gasteiger partial charge is 0.297 e. The van der Waals surface area contributed by atoms with E-state index in [1.807, 2.05) is 76.2 Å². The highest BCUT2D eigenvalue weighted by Gasteiger charge is 2.66. The maximum atomic E-state index is 15.2. The van der Waals surface area contributed by atoms with Crippen molar-refractivity contribution in [2.45, 2.75) is 39.8 Å². The van der Waals surface area contributed by atoms with E-state index >= 15 is 4.79 Å². The minimum atomic E-state index is -1.82. The standard InChI is InChI=1S/C36H26ClN3O4S/c1-18-13-21(4)30-28(14-18)45-35(38-30)40-33(42)32-29(31(41)24-15-19(2)20(3)16-27(24)44-32)36(40)25-7-5-6-8-26(25)39(34(36)43)17-22-9-11-23(37)12-10-22/h5-16H,17H2,1-4H3. The number of fused-ring (bicyclic) bond motifs is 6. The first-order valence-corrected chi connectivity index (χ1v) is 15.8. The van der Waals surface area contributed by atoms with E-state index < -0.39 is 22.8 Å². The van der Waals surface area contributed by atoms with Gasteiger partial charge < -0.3 is 9.32 Å². The molecule has 45 heavy (non-hydrogen) atoms. The number of carbonyl (C=O) groups excluding carboxylic acids is 2. The Balaban J connectivity index is 1.46. The van der Waals surface area contributed by atoms with Gasteiger partial charge in [-0.1, -0.05) is 59.3 Å². The van der Waals surface area contributed by atoms with Gasteiger partial charge >= 0.3 is 0 Å². The van der Waals surface area contributed by atoms with E-state index in [0.29, 0.717) is 32.4 Å². The number of para-hydroxylation sites is 1. The first kappa shape index (κ1) is 27.7. The molecule has 6 aromatic rings. The van der Waals surface area contributed by atoms with Crippen LogP contribution in [0.25, 0.3) is 21.2 Å². The van der Waals surface area contributed by atoms with Crippen LogP contribution in [0.15, 0.2) is 82.0 Å². The van der Waals surface area contributed by atoms with E-state index in [9.17, 15) is 9.59 Å². The van der Waals surface area contributed by atoms with Crippen LogP contribution in [0.2, 0.25) is 5.02 Å². The highest BCUT2D eigenvalue weighted by atomic mass is 35.5. The third-order valence-corrected chi connectivity index (χ3v) is 10.2. The monoisotopic (exact) mass is 631 g/mol. The fraction of sp³-hybridized carbons (Fsp3) is 0.167. The molecule has 4 heterocycles.